The first-order valence-electron chi connectivity index (χ1n) is 6.79. The van der Waals surface area contributed by atoms with E-state index in [4.69, 9.17) is 4.74 Å². The number of halogens is 1. The van der Waals surface area contributed by atoms with Gasteiger partial charge in [-0.25, -0.2) is 0 Å². The predicted molar refractivity (Wildman–Crippen MR) is 86.6 cm³/mol. The zero-order valence-corrected chi connectivity index (χ0v) is 13.5. The van der Waals surface area contributed by atoms with Gasteiger partial charge in [-0.15, -0.1) is 0 Å². The third kappa shape index (κ3) is 4.17. The molecule has 0 aliphatic heterocycles. The summed E-state index contributed by atoms with van der Waals surface area (Å²) < 4.78 is 7.05. The highest BCUT2D eigenvalue weighted by Crippen LogP contribution is 2.23. The second-order valence-electron chi connectivity index (χ2n) is 4.82. The number of rotatable bonds is 6. The van der Waals surface area contributed by atoms with Gasteiger partial charge >= 0.3 is 0 Å². The summed E-state index contributed by atoms with van der Waals surface area (Å²) >= 11 is 3.62. The molecule has 0 spiro atoms. The van der Waals surface area contributed by atoms with Gasteiger partial charge in [0.25, 0.3) is 0 Å². The van der Waals surface area contributed by atoms with E-state index in [1.54, 1.807) is 0 Å². The first-order valence-corrected chi connectivity index (χ1v) is 7.58. The molecular weight excluding hydrogens is 314 g/mol. The molecule has 2 aromatic rings. The molecule has 106 valence electrons. The maximum absolute atomic E-state index is 5.95. The van der Waals surface area contributed by atoms with Crippen LogP contribution in [0.4, 0.5) is 0 Å². The van der Waals surface area contributed by atoms with Crippen molar-refractivity contribution >= 4 is 15.9 Å². The minimum atomic E-state index is 0.0973. The van der Waals surface area contributed by atoms with Gasteiger partial charge in [0.05, 0.1) is 12.7 Å². The fourth-order valence-corrected chi connectivity index (χ4v) is 2.60. The largest absolute Gasteiger partial charge is 0.369 e. The fourth-order valence-electron chi connectivity index (χ4n) is 2.06. The van der Waals surface area contributed by atoms with Crippen molar-refractivity contribution < 1.29 is 4.74 Å². The lowest BCUT2D eigenvalue weighted by Gasteiger charge is -2.14. The number of ether oxygens (including phenoxy) is 1. The number of hydrogen-bond acceptors (Lipinski definition) is 2. The predicted octanol–water partition coefficient (Wildman–Crippen LogP) is 4.45. The van der Waals surface area contributed by atoms with Crippen LogP contribution in [0.1, 0.15) is 29.7 Å². The Hall–Kier alpha value is -1.16. The molecule has 0 aliphatic rings. The summed E-state index contributed by atoms with van der Waals surface area (Å²) in [6.07, 6.45) is 0.0973. The van der Waals surface area contributed by atoms with E-state index in [9.17, 15) is 0 Å². The summed E-state index contributed by atoms with van der Waals surface area (Å²) in [5.74, 6) is 0. The molecule has 2 aromatic carbocycles. The molecular formula is C17H20BrNO. The molecule has 0 saturated heterocycles. The van der Waals surface area contributed by atoms with Crippen LogP contribution < -0.4 is 5.32 Å². The zero-order valence-electron chi connectivity index (χ0n) is 11.9. The first-order chi connectivity index (χ1) is 9.70. The van der Waals surface area contributed by atoms with Crippen LogP contribution in [0.15, 0.2) is 53.0 Å². The van der Waals surface area contributed by atoms with E-state index in [2.05, 4.69) is 58.5 Å². The van der Waals surface area contributed by atoms with Gasteiger partial charge in [0, 0.05) is 11.0 Å². The maximum Gasteiger partial charge on any atom is 0.0801 e. The molecule has 0 fully saturated rings. The van der Waals surface area contributed by atoms with Crippen LogP contribution in [0.3, 0.4) is 0 Å². The Morgan fingerprint density at radius 3 is 2.55 bits per heavy atom. The lowest BCUT2D eigenvalue weighted by Crippen LogP contribution is -2.05. The van der Waals surface area contributed by atoms with Crippen LogP contribution >= 0.6 is 15.9 Å². The van der Waals surface area contributed by atoms with Crippen LogP contribution in [0.5, 0.6) is 0 Å². The van der Waals surface area contributed by atoms with Gasteiger partial charge in [-0.3, -0.25) is 0 Å². The van der Waals surface area contributed by atoms with Crippen molar-refractivity contribution in [2.45, 2.75) is 26.2 Å². The van der Waals surface area contributed by atoms with Gasteiger partial charge < -0.3 is 10.1 Å². The van der Waals surface area contributed by atoms with E-state index >= 15 is 0 Å². The highest BCUT2D eigenvalue weighted by molar-refractivity contribution is 9.10. The molecule has 2 rings (SSSR count). The molecule has 20 heavy (non-hydrogen) atoms. The Labute approximate surface area is 129 Å². The topological polar surface area (TPSA) is 21.3 Å². The smallest absolute Gasteiger partial charge is 0.0801 e. The molecule has 0 heterocycles. The third-order valence-electron chi connectivity index (χ3n) is 3.26. The molecule has 0 aliphatic carbocycles. The normalized spacial score (nSPS) is 12.3. The minimum absolute atomic E-state index is 0.0973. The van der Waals surface area contributed by atoms with Crippen molar-refractivity contribution in [1.29, 1.82) is 0 Å². The molecule has 0 aromatic heterocycles. The Kier molecular flexibility index (Phi) is 5.77. The standard InChI is InChI=1S/C17H20BrNO/c1-13(15-6-4-3-5-7-15)20-12-16-9-8-14(11-19-2)10-17(16)18/h3-10,13,19H,11-12H2,1-2H3. The van der Waals surface area contributed by atoms with Crippen molar-refractivity contribution in [3.8, 4) is 0 Å². The number of benzene rings is 2. The van der Waals surface area contributed by atoms with Crippen LogP contribution in [0, 0.1) is 0 Å². The van der Waals surface area contributed by atoms with E-state index in [0.29, 0.717) is 6.61 Å². The van der Waals surface area contributed by atoms with Crippen LogP contribution in [-0.4, -0.2) is 7.05 Å². The Bertz CT molecular complexity index is 542. The summed E-state index contributed by atoms with van der Waals surface area (Å²) in [6.45, 7) is 3.56. The average molecular weight is 334 g/mol. The second-order valence-corrected chi connectivity index (χ2v) is 5.67. The molecule has 0 radical (unpaired) electrons. The molecule has 1 N–H and O–H groups in total. The van der Waals surface area contributed by atoms with Gasteiger partial charge in [-0.05, 0) is 36.7 Å². The highest BCUT2D eigenvalue weighted by atomic mass is 79.9. The number of hydrogen-bond donors (Lipinski definition) is 1. The van der Waals surface area contributed by atoms with Gasteiger partial charge in [0.1, 0.15) is 0 Å². The van der Waals surface area contributed by atoms with Crippen molar-refractivity contribution in [2.75, 3.05) is 7.05 Å². The average Bonchev–Trinajstić information content (AvgIpc) is 2.47. The van der Waals surface area contributed by atoms with E-state index in [0.717, 1.165) is 11.0 Å². The lowest BCUT2D eigenvalue weighted by atomic mass is 10.1. The van der Waals surface area contributed by atoms with E-state index in [-0.39, 0.29) is 6.10 Å². The summed E-state index contributed by atoms with van der Waals surface area (Å²) in [5, 5.41) is 3.15. The Morgan fingerprint density at radius 2 is 1.90 bits per heavy atom. The van der Waals surface area contributed by atoms with Crippen molar-refractivity contribution in [3.05, 3.63) is 69.7 Å². The minimum Gasteiger partial charge on any atom is -0.369 e. The van der Waals surface area contributed by atoms with Gasteiger partial charge in [-0.2, -0.15) is 0 Å². The summed E-state index contributed by atoms with van der Waals surface area (Å²) in [6, 6.07) is 16.7. The molecule has 0 saturated carbocycles. The van der Waals surface area contributed by atoms with Gasteiger partial charge in [0.2, 0.25) is 0 Å². The van der Waals surface area contributed by atoms with Crippen molar-refractivity contribution in [3.63, 3.8) is 0 Å². The van der Waals surface area contributed by atoms with E-state index < -0.39 is 0 Å². The molecule has 1 unspecified atom stereocenters. The SMILES string of the molecule is CNCc1ccc(COC(C)c2ccccc2)c(Br)c1. The summed E-state index contributed by atoms with van der Waals surface area (Å²) in [5.41, 5.74) is 3.64. The zero-order chi connectivity index (χ0) is 14.4. The molecule has 0 amide bonds. The van der Waals surface area contributed by atoms with Gasteiger partial charge in [-0.1, -0.05) is 58.4 Å². The lowest BCUT2D eigenvalue weighted by molar-refractivity contribution is 0.0522. The van der Waals surface area contributed by atoms with Crippen LogP contribution in [-0.2, 0) is 17.9 Å². The van der Waals surface area contributed by atoms with Gasteiger partial charge in [0.15, 0.2) is 0 Å². The van der Waals surface area contributed by atoms with Crippen molar-refractivity contribution in [2.24, 2.45) is 0 Å². The van der Waals surface area contributed by atoms with E-state index in [1.807, 2.05) is 25.2 Å². The fraction of sp³-hybridized carbons (Fsp3) is 0.294. The highest BCUT2D eigenvalue weighted by Gasteiger charge is 2.07. The molecule has 1 atom stereocenters. The maximum atomic E-state index is 5.95. The molecule has 2 nitrogen and oxygen atoms in total. The Balaban J connectivity index is 1.97. The second kappa shape index (κ2) is 7.58. The quantitative estimate of drug-likeness (QED) is 0.843. The van der Waals surface area contributed by atoms with Crippen LogP contribution in [0.2, 0.25) is 0 Å². The molecule has 3 heteroatoms. The van der Waals surface area contributed by atoms with Crippen molar-refractivity contribution in [1.82, 2.24) is 5.32 Å². The Morgan fingerprint density at radius 1 is 1.15 bits per heavy atom. The summed E-state index contributed by atoms with van der Waals surface area (Å²) in [4.78, 5) is 0. The monoisotopic (exact) mass is 333 g/mol. The van der Waals surface area contributed by atoms with E-state index in [1.165, 1.54) is 16.7 Å². The number of nitrogens with one attached hydrogen (secondary N) is 1. The first kappa shape index (κ1) is 15.2. The molecule has 0 bridgehead atoms. The van der Waals surface area contributed by atoms with Crippen LogP contribution in [0.25, 0.3) is 0 Å². The third-order valence-corrected chi connectivity index (χ3v) is 3.99. The summed E-state index contributed by atoms with van der Waals surface area (Å²) in [7, 11) is 1.95.